The number of aryl methyl sites for hydroxylation is 1. The molecule has 0 saturated heterocycles. The van der Waals surface area contributed by atoms with E-state index in [1.807, 2.05) is 24.3 Å². The first kappa shape index (κ1) is 13.6. The lowest BCUT2D eigenvalue weighted by Gasteiger charge is -2.11. The van der Waals surface area contributed by atoms with Crippen LogP contribution in [0.5, 0.6) is 0 Å². The Morgan fingerprint density at radius 2 is 1.86 bits per heavy atom. The summed E-state index contributed by atoms with van der Waals surface area (Å²) in [7, 11) is 4.14. The quantitative estimate of drug-likeness (QED) is 0.750. The third-order valence-corrected chi connectivity index (χ3v) is 3.53. The van der Waals surface area contributed by atoms with Crippen molar-refractivity contribution in [1.29, 1.82) is 0 Å². The molecule has 0 radical (unpaired) electrons. The smallest absolute Gasteiger partial charge is 0.137 e. The number of nitrogen functional groups attached to an aromatic ring is 1. The van der Waals surface area contributed by atoms with Gasteiger partial charge in [0.25, 0.3) is 0 Å². The summed E-state index contributed by atoms with van der Waals surface area (Å²) in [6, 6.07) is 12.1. The van der Waals surface area contributed by atoms with Gasteiger partial charge in [0.1, 0.15) is 5.65 Å². The molecule has 3 aromatic rings. The Morgan fingerprint density at radius 1 is 1.14 bits per heavy atom. The van der Waals surface area contributed by atoms with Gasteiger partial charge in [-0.05, 0) is 50.8 Å². The van der Waals surface area contributed by atoms with E-state index in [1.165, 1.54) is 11.3 Å². The van der Waals surface area contributed by atoms with Crippen molar-refractivity contribution in [3.63, 3.8) is 0 Å². The number of aromatic nitrogens is 2. The van der Waals surface area contributed by atoms with Crippen LogP contribution in [0.25, 0.3) is 16.9 Å². The van der Waals surface area contributed by atoms with Crippen LogP contribution in [0.3, 0.4) is 0 Å². The summed E-state index contributed by atoms with van der Waals surface area (Å²) in [6.45, 7) is 2.92. The summed E-state index contributed by atoms with van der Waals surface area (Å²) in [5, 5.41) is 0. The van der Waals surface area contributed by atoms with E-state index in [1.54, 1.807) is 0 Å². The molecule has 0 aliphatic carbocycles. The van der Waals surface area contributed by atoms with Gasteiger partial charge < -0.3 is 15.0 Å². The zero-order valence-electron chi connectivity index (χ0n) is 12.7. The molecule has 0 aliphatic rings. The number of benzene rings is 1. The highest BCUT2D eigenvalue weighted by Crippen LogP contribution is 2.26. The van der Waals surface area contributed by atoms with Crippen molar-refractivity contribution in [2.24, 2.45) is 0 Å². The number of hydrogen-bond donors (Lipinski definition) is 1. The third kappa shape index (κ3) is 2.62. The molecule has 108 valence electrons. The number of nitrogens with zero attached hydrogens (tertiary/aromatic N) is 3. The first-order valence-electron chi connectivity index (χ1n) is 7.03. The summed E-state index contributed by atoms with van der Waals surface area (Å²) < 4.78 is 2.17. The molecule has 0 aliphatic heterocycles. The molecular weight excluding hydrogens is 260 g/mol. The minimum Gasteiger partial charge on any atom is -0.399 e. The van der Waals surface area contributed by atoms with E-state index in [9.17, 15) is 0 Å². The molecule has 0 amide bonds. The average Bonchev–Trinajstić information content (AvgIpc) is 2.77. The summed E-state index contributed by atoms with van der Waals surface area (Å²) in [5.74, 6) is 0. The van der Waals surface area contributed by atoms with Gasteiger partial charge in [0.05, 0.1) is 11.4 Å². The molecule has 0 bridgehead atoms. The van der Waals surface area contributed by atoms with E-state index in [0.717, 1.165) is 29.1 Å². The Kier molecular flexibility index (Phi) is 3.39. The predicted octanol–water partition coefficient (Wildman–Crippen LogP) is 2.95. The SMILES string of the molecule is Cc1ccn2c(CN(C)C)c(-c3ccc(N)cc3)nc2c1. The maximum atomic E-state index is 5.78. The van der Waals surface area contributed by atoms with Gasteiger partial charge in [-0.15, -0.1) is 0 Å². The highest BCUT2D eigenvalue weighted by molar-refractivity contribution is 5.68. The lowest BCUT2D eigenvalue weighted by atomic mass is 10.1. The molecule has 4 nitrogen and oxygen atoms in total. The van der Waals surface area contributed by atoms with Crippen LogP contribution in [-0.2, 0) is 6.54 Å². The molecule has 0 atom stereocenters. The van der Waals surface area contributed by atoms with Crippen LogP contribution in [0.2, 0.25) is 0 Å². The normalized spacial score (nSPS) is 11.4. The van der Waals surface area contributed by atoms with Crippen molar-refractivity contribution < 1.29 is 0 Å². The lowest BCUT2D eigenvalue weighted by molar-refractivity contribution is 0.396. The topological polar surface area (TPSA) is 46.6 Å². The standard InChI is InChI=1S/C17H20N4/c1-12-8-9-21-15(11-20(2)3)17(19-16(21)10-12)13-4-6-14(18)7-5-13/h4-10H,11,18H2,1-3H3. The van der Waals surface area contributed by atoms with Crippen LogP contribution in [0.4, 0.5) is 5.69 Å². The minimum absolute atomic E-state index is 0.771. The first-order chi connectivity index (χ1) is 10.0. The zero-order chi connectivity index (χ0) is 15.0. The van der Waals surface area contributed by atoms with Gasteiger partial charge in [0.15, 0.2) is 0 Å². The maximum Gasteiger partial charge on any atom is 0.137 e. The van der Waals surface area contributed by atoms with E-state index in [2.05, 4.69) is 48.6 Å². The lowest BCUT2D eigenvalue weighted by Crippen LogP contribution is -2.13. The molecule has 2 heterocycles. The van der Waals surface area contributed by atoms with Gasteiger partial charge >= 0.3 is 0 Å². The minimum atomic E-state index is 0.771. The Morgan fingerprint density at radius 3 is 2.52 bits per heavy atom. The molecule has 2 N–H and O–H groups in total. The third-order valence-electron chi connectivity index (χ3n) is 3.53. The molecule has 4 heteroatoms. The maximum absolute atomic E-state index is 5.78. The Bertz CT molecular complexity index is 769. The van der Waals surface area contributed by atoms with Crippen LogP contribution in [0.15, 0.2) is 42.6 Å². The largest absolute Gasteiger partial charge is 0.399 e. The van der Waals surface area contributed by atoms with Gasteiger partial charge in [-0.3, -0.25) is 0 Å². The molecule has 0 unspecified atom stereocenters. The van der Waals surface area contributed by atoms with Crippen LogP contribution >= 0.6 is 0 Å². The van der Waals surface area contributed by atoms with Crippen molar-refractivity contribution in [3.05, 3.63) is 53.9 Å². The van der Waals surface area contributed by atoms with Crippen molar-refractivity contribution in [2.75, 3.05) is 19.8 Å². The van der Waals surface area contributed by atoms with Gasteiger partial charge in [-0.25, -0.2) is 4.98 Å². The highest BCUT2D eigenvalue weighted by Gasteiger charge is 2.14. The fourth-order valence-electron chi connectivity index (χ4n) is 2.52. The summed E-state index contributed by atoms with van der Waals surface area (Å²) in [6.07, 6.45) is 2.09. The van der Waals surface area contributed by atoms with Crippen molar-refractivity contribution in [1.82, 2.24) is 14.3 Å². The van der Waals surface area contributed by atoms with E-state index >= 15 is 0 Å². The monoisotopic (exact) mass is 280 g/mol. The number of fused-ring (bicyclic) bond motifs is 1. The summed E-state index contributed by atoms with van der Waals surface area (Å²) >= 11 is 0. The Balaban J connectivity index is 2.22. The van der Waals surface area contributed by atoms with Gasteiger partial charge in [-0.1, -0.05) is 12.1 Å². The van der Waals surface area contributed by atoms with Crippen molar-refractivity contribution in [3.8, 4) is 11.3 Å². The second-order valence-corrected chi connectivity index (χ2v) is 5.70. The molecule has 2 aromatic heterocycles. The second-order valence-electron chi connectivity index (χ2n) is 5.70. The van der Waals surface area contributed by atoms with Crippen LogP contribution in [-0.4, -0.2) is 28.4 Å². The van der Waals surface area contributed by atoms with Crippen LogP contribution in [0.1, 0.15) is 11.3 Å². The molecule has 0 spiro atoms. The van der Waals surface area contributed by atoms with Crippen molar-refractivity contribution >= 4 is 11.3 Å². The number of imidazole rings is 1. The molecule has 21 heavy (non-hydrogen) atoms. The van der Waals surface area contributed by atoms with E-state index in [4.69, 9.17) is 10.7 Å². The van der Waals surface area contributed by atoms with E-state index in [0.29, 0.717) is 0 Å². The van der Waals surface area contributed by atoms with Crippen LogP contribution < -0.4 is 5.73 Å². The first-order valence-corrected chi connectivity index (χ1v) is 7.03. The zero-order valence-corrected chi connectivity index (χ0v) is 12.7. The molecule has 0 fully saturated rings. The van der Waals surface area contributed by atoms with Crippen LogP contribution in [0, 0.1) is 6.92 Å². The fraction of sp³-hybridized carbons (Fsp3) is 0.235. The molecular formula is C17H20N4. The number of nitrogens with two attached hydrogens (primary N) is 1. The highest BCUT2D eigenvalue weighted by atomic mass is 15.1. The molecule has 3 rings (SSSR count). The average molecular weight is 280 g/mol. The second kappa shape index (κ2) is 5.22. The van der Waals surface area contributed by atoms with Crippen molar-refractivity contribution in [2.45, 2.75) is 13.5 Å². The number of pyridine rings is 1. The Labute approximate surface area is 124 Å². The molecule has 1 aromatic carbocycles. The summed E-state index contributed by atoms with van der Waals surface area (Å²) in [4.78, 5) is 6.98. The number of anilines is 1. The molecule has 0 saturated carbocycles. The predicted molar refractivity (Wildman–Crippen MR) is 87.2 cm³/mol. The fourth-order valence-corrected chi connectivity index (χ4v) is 2.52. The van der Waals surface area contributed by atoms with E-state index in [-0.39, 0.29) is 0 Å². The summed E-state index contributed by atoms with van der Waals surface area (Å²) in [5.41, 5.74) is 12.1. The number of rotatable bonds is 3. The number of hydrogen-bond acceptors (Lipinski definition) is 3. The van der Waals surface area contributed by atoms with Gasteiger partial charge in [0, 0.05) is 24.0 Å². The Hall–Kier alpha value is -2.33. The van der Waals surface area contributed by atoms with Gasteiger partial charge in [0.2, 0.25) is 0 Å². The van der Waals surface area contributed by atoms with Gasteiger partial charge in [-0.2, -0.15) is 0 Å². The van der Waals surface area contributed by atoms with E-state index < -0.39 is 0 Å².